The molecule has 1 aromatic carbocycles. The number of amides is 6. The zero-order valence-electron chi connectivity index (χ0n) is 51.0. The number of benzene rings is 1. The molecule has 4 N–H and O–H groups in total. The van der Waals surface area contributed by atoms with Gasteiger partial charge in [-0.3, -0.25) is 28.8 Å². The molecular weight excluding hydrogens is 1110 g/mol. The van der Waals surface area contributed by atoms with Gasteiger partial charge in [-0.05, 0) is 56.3 Å². The van der Waals surface area contributed by atoms with Crippen LogP contribution in [0.2, 0.25) is 0 Å². The second kappa shape index (κ2) is 37.9. The topological polar surface area (TPSA) is 285 Å². The molecule has 0 radical (unpaired) electrons. The summed E-state index contributed by atoms with van der Waals surface area (Å²) in [6.45, 7) is 16.2. The van der Waals surface area contributed by atoms with Gasteiger partial charge in [0.05, 0.1) is 128 Å². The van der Waals surface area contributed by atoms with Gasteiger partial charge < -0.3 is 73.7 Å². The minimum absolute atomic E-state index is 0.0565. The van der Waals surface area contributed by atoms with Crippen LogP contribution < -0.4 is 16.0 Å². The first-order valence-corrected chi connectivity index (χ1v) is 30.4. The monoisotopic (exact) mass is 1200 g/mol. The van der Waals surface area contributed by atoms with Crippen LogP contribution in [0.1, 0.15) is 96.0 Å². The molecular formula is C59H94N8O16S. The van der Waals surface area contributed by atoms with E-state index in [9.17, 15) is 38.7 Å². The summed E-state index contributed by atoms with van der Waals surface area (Å²) in [5, 5.41) is 19.0. The fraction of sp³-hybridized carbons (Fsp3) is 0.712. The number of thioether (sulfide) groups is 1. The van der Waals surface area contributed by atoms with E-state index in [0.29, 0.717) is 122 Å². The highest BCUT2D eigenvalue weighted by Gasteiger charge is 2.48. The Labute approximate surface area is 500 Å². The fourth-order valence-electron chi connectivity index (χ4n) is 10.5. The second-order valence-corrected chi connectivity index (χ2v) is 22.6. The first kappa shape index (κ1) is 71.1. The standard InChI is InChI=1S/C59H94N8O16S/c1-40(2)50(55(72)65(7)51(41(3)4)47(76-8)37-49(69)66-22-14-18-46(66)52(77-9)42(5)53(70)63-45(56(73)74)36-43-16-12-11-13-17-43)64-57(75)59(6)20-15-23-67(59)48(68)19-24-78-26-28-80-30-32-82-34-35-83-33-31-81-29-27-79-25-21-60-54(71)44-38-61-58(84-10)62-39-44/h11-13,16-17,38-42,45-47,50-52H,14-15,18-37H2,1-10H3,(H,60,71)(H,63,70)(H,64,75)(H,73,74)/t42-,45+,46+,47-,50+,51+,52-,59+/m1/s1. The van der Waals surface area contributed by atoms with Crippen LogP contribution in [0.15, 0.2) is 47.9 Å². The first-order chi connectivity index (χ1) is 40.3. The lowest BCUT2D eigenvalue weighted by molar-refractivity contribution is -0.150. The number of likely N-dealkylation sites (N-methyl/N-ethyl adjacent to an activating group) is 1. The molecule has 2 aliphatic rings. The number of carboxylic acid groups (broad SMARTS) is 1. The van der Waals surface area contributed by atoms with E-state index in [4.69, 9.17) is 37.9 Å². The predicted octanol–water partition coefficient (Wildman–Crippen LogP) is 3.28. The smallest absolute Gasteiger partial charge is 0.326 e. The number of carbonyl (C=O) groups is 7. The van der Waals surface area contributed by atoms with Gasteiger partial charge in [-0.25, -0.2) is 14.8 Å². The summed E-state index contributed by atoms with van der Waals surface area (Å²) >= 11 is 1.40. The summed E-state index contributed by atoms with van der Waals surface area (Å²) < 4.78 is 45.3. The molecule has 0 unspecified atom stereocenters. The molecule has 2 aliphatic heterocycles. The summed E-state index contributed by atoms with van der Waals surface area (Å²) in [6, 6.07) is 5.83. The van der Waals surface area contributed by atoms with E-state index in [2.05, 4.69) is 25.9 Å². The van der Waals surface area contributed by atoms with Crippen molar-refractivity contribution in [3.8, 4) is 0 Å². The number of carbonyl (C=O) groups excluding carboxylic acids is 6. The molecule has 6 amide bonds. The summed E-state index contributed by atoms with van der Waals surface area (Å²) in [4.78, 5) is 108. The quantitative estimate of drug-likeness (QED) is 0.0422. The molecule has 84 heavy (non-hydrogen) atoms. The molecule has 25 heteroatoms. The van der Waals surface area contributed by atoms with Crippen LogP contribution in [0.3, 0.4) is 0 Å². The Bertz CT molecular complexity index is 2320. The number of nitrogens with one attached hydrogen (secondary N) is 3. The predicted molar refractivity (Wildman–Crippen MR) is 313 cm³/mol. The van der Waals surface area contributed by atoms with Crippen molar-refractivity contribution in [1.29, 1.82) is 0 Å². The van der Waals surface area contributed by atoms with E-state index >= 15 is 0 Å². The molecule has 3 heterocycles. The van der Waals surface area contributed by atoms with E-state index in [1.54, 1.807) is 59.9 Å². The Kier molecular flexibility index (Phi) is 32.1. The molecule has 0 saturated carbocycles. The van der Waals surface area contributed by atoms with Crippen molar-refractivity contribution < 1.29 is 76.6 Å². The number of hydrogen-bond acceptors (Lipinski definition) is 18. The number of ether oxygens (including phenoxy) is 8. The molecule has 0 aliphatic carbocycles. The van der Waals surface area contributed by atoms with Gasteiger partial charge in [0.25, 0.3) is 5.91 Å². The normalized spacial score (nSPS) is 18.3. The maximum Gasteiger partial charge on any atom is 0.326 e. The van der Waals surface area contributed by atoms with Crippen LogP contribution in [0.4, 0.5) is 0 Å². The van der Waals surface area contributed by atoms with Crippen LogP contribution in [0, 0.1) is 17.8 Å². The largest absolute Gasteiger partial charge is 0.480 e. The van der Waals surface area contributed by atoms with Crippen LogP contribution in [0.25, 0.3) is 0 Å². The Morgan fingerprint density at radius 1 is 0.750 bits per heavy atom. The minimum Gasteiger partial charge on any atom is -0.480 e. The van der Waals surface area contributed by atoms with Gasteiger partial charge in [-0.2, -0.15) is 0 Å². The third kappa shape index (κ3) is 22.5. The molecule has 1 aromatic heterocycles. The lowest BCUT2D eigenvalue weighted by atomic mass is 9.91. The van der Waals surface area contributed by atoms with E-state index < -0.39 is 65.6 Å². The highest BCUT2D eigenvalue weighted by atomic mass is 32.2. The Balaban J connectivity index is 1.13. The number of nitrogens with zero attached hydrogens (tertiary/aromatic N) is 5. The number of aromatic nitrogens is 2. The van der Waals surface area contributed by atoms with Crippen LogP contribution in [-0.4, -0.2) is 240 Å². The zero-order valence-corrected chi connectivity index (χ0v) is 51.8. The van der Waals surface area contributed by atoms with Crippen molar-refractivity contribution >= 4 is 53.2 Å². The van der Waals surface area contributed by atoms with Crippen molar-refractivity contribution in [3.63, 3.8) is 0 Å². The summed E-state index contributed by atoms with van der Waals surface area (Å²) in [5.74, 6) is -4.54. The lowest BCUT2D eigenvalue weighted by Crippen LogP contribution is -2.62. The van der Waals surface area contributed by atoms with E-state index in [1.165, 1.54) is 38.4 Å². The molecule has 2 saturated heterocycles. The van der Waals surface area contributed by atoms with Crippen LogP contribution >= 0.6 is 11.8 Å². The Morgan fingerprint density at radius 2 is 1.32 bits per heavy atom. The SMILES string of the molecule is CO[C@H]([C@@H](C)C(=O)N[C@@H](Cc1ccccc1)C(=O)O)[C@@H]1CCCN1C(=O)C[C@@H](OC)[C@H](C(C)C)N(C)C(=O)[C@@H](NC(=O)[C@]1(C)CCCN1C(=O)CCOCCOCCOCCOCCOCCOCCNC(=O)c1cnc(SC)nc1)C(C)C. The first-order valence-electron chi connectivity index (χ1n) is 29.2. The third-order valence-corrected chi connectivity index (χ3v) is 15.8. The van der Waals surface area contributed by atoms with E-state index in [0.717, 1.165) is 5.56 Å². The zero-order chi connectivity index (χ0) is 61.6. The van der Waals surface area contributed by atoms with Crippen molar-refractivity contribution in [2.75, 3.05) is 126 Å². The van der Waals surface area contributed by atoms with Gasteiger partial charge in [0, 0.05) is 59.7 Å². The minimum atomic E-state index is -1.20. The maximum atomic E-state index is 14.6. The molecule has 8 atom stereocenters. The third-order valence-electron chi connectivity index (χ3n) is 15.2. The Morgan fingerprint density at radius 3 is 1.85 bits per heavy atom. The molecule has 2 aromatic rings. The van der Waals surface area contributed by atoms with Gasteiger partial charge in [-0.15, -0.1) is 0 Å². The maximum absolute atomic E-state index is 14.6. The highest BCUT2D eigenvalue weighted by molar-refractivity contribution is 7.98. The van der Waals surface area contributed by atoms with E-state index in [-0.39, 0.29) is 67.9 Å². The summed E-state index contributed by atoms with van der Waals surface area (Å²) in [6.07, 6.45) is 5.67. The average molecular weight is 1200 g/mol. The molecule has 472 valence electrons. The fourth-order valence-corrected chi connectivity index (χ4v) is 10.9. The number of likely N-dealkylation sites (tertiary alicyclic amines) is 2. The number of aliphatic carboxylic acids is 1. The Hall–Kier alpha value is -5.38. The lowest BCUT2D eigenvalue weighted by Gasteiger charge is -2.41. The molecule has 24 nitrogen and oxygen atoms in total. The van der Waals surface area contributed by atoms with Gasteiger partial charge in [0.15, 0.2) is 5.16 Å². The summed E-state index contributed by atoms with van der Waals surface area (Å²) in [7, 11) is 4.62. The van der Waals surface area contributed by atoms with Gasteiger partial charge in [0.1, 0.15) is 17.6 Å². The van der Waals surface area contributed by atoms with Crippen molar-refractivity contribution in [3.05, 3.63) is 53.9 Å². The molecule has 0 bridgehead atoms. The summed E-state index contributed by atoms with van der Waals surface area (Å²) in [5.41, 5.74) is -0.0488. The number of methoxy groups -OCH3 is 2. The van der Waals surface area contributed by atoms with E-state index in [1.807, 2.05) is 40.0 Å². The molecule has 4 rings (SSSR count). The average Bonchev–Trinajstić information content (AvgIpc) is 2.81. The van der Waals surface area contributed by atoms with Crippen molar-refractivity contribution in [2.24, 2.45) is 17.8 Å². The number of rotatable bonds is 41. The van der Waals surface area contributed by atoms with Crippen molar-refractivity contribution in [1.82, 2.24) is 40.6 Å². The van der Waals surface area contributed by atoms with Crippen LogP contribution in [-0.2, 0) is 73.1 Å². The number of hydrogen-bond donors (Lipinski definition) is 4. The van der Waals surface area contributed by atoms with Gasteiger partial charge >= 0.3 is 5.97 Å². The van der Waals surface area contributed by atoms with Gasteiger partial charge in [0.2, 0.25) is 29.5 Å². The van der Waals surface area contributed by atoms with Crippen molar-refractivity contribution in [2.45, 2.75) is 134 Å². The van der Waals surface area contributed by atoms with Crippen LogP contribution in [0.5, 0.6) is 0 Å². The van der Waals surface area contributed by atoms with Gasteiger partial charge in [-0.1, -0.05) is 76.7 Å². The highest BCUT2D eigenvalue weighted by Crippen LogP contribution is 2.32. The molecule has 2 fully saturated rings. The molecule has 0 spiro atoms. The second-order valence-electron chi connectivity index (χ2n) is 21.8. The number of carboxylic acids is 1.